The number of fused-ring (bicyclic) bond motifs is 1. The number of hydrogen-bond donors (Lipinski definition) is 2. The Kier molecular flexibility index (Phi) is 3.41. The van der Waals surface area contributed by atoms with Crippen molar-refractivity contribution in [3.8, 4) is 0 Å². The van der Waals surface area contributed by atoms with Gasteiger partial charge >= 0.3 is 5.97 Å². The molecule has 0 aromatic carbocycles. The zero-order valence-corrected chi connectivity index (χ0v) is 11.8. The highest BCUT2D eigenvalue weighted by Gasteiger charge is 2.18. The summed E-state index contributed by atoms with van der Waals surface area (Å²) in [5.41, 5.74) is 3.80. The maximum Gasteiger partial charge on any atom is 0.344 e. The van der Waals surface area contributed by atoms with Crippen molar-refractivity contribution in [2.45, 2.75) is 6.92 Å². The van der Waals surface area contributed by atoms with Crippen molar-refractivity contribution in [3.63, 3.8) is 0 Å². The molecular weight excluding hydrogens is 308 g/mol. The lowest BCUT2D eigenvalue weighted by Gasteiger charge is -2.08. The molecule has 1 aliphatic heterocycles. The van der Waals surface area contributed by atoms with Gasteiger partial charge in [-0.3, -0.25) is 0 Å². The second-order valence-corrected chi connectivity index (χ2v) is 4.72. The molecule has 0 spiro atoms. The zero-order valence-electron chi connectivity index (χ0n) is 11.8. The molecule has 1 aliphatic carbocycles. The zero-order chi connectivity index (χ0) is 16.6. The molecular formula is C13H11N4O6-. The van der Waals surface area contributed by atoms with Gasteiger partial charge in [-0.15, -0.1) is 0 Å². The summed E-state index contributed by atoms with van der Waals surface area (Å²) in [6.45, 7) is 1.13. The van der Waals surface area contributed by atoms with E-state index in [1.807, 2.05) is 0 Å². The third-order valence-electron chi connectivity index (χ3n) is 3.01. The molecule has 0 saturated carbocycles. The molecule has 10 nitrogen and oxygen atoms in total. The van der Waals surface area contributed by atoms with Crippen LogP contribution in [0.15, 0.2) is 17.8 Å². The van der Waals surface area contributed by atoms with E-state index in [1.54, 1.807) is 13.0 Å². The molecule has 120 valence electrons. The van der Waals surface area contributed by atoms with Gasteiger partial charge in [0.2, 0.25) is 23.6 Å². The van der Waals surface area contributed by atoms with Crippen LogP contribution in [-0.4, -0.2) is 38.0 Å². The summed E-state index contributed by atoms with van der Waals surface area (Å²) in [4.78, 5) is 24.9. The molecule has 0 bridgehead atoms. The van der Waals surface area contributed by atoms with Crippen LogP contribution in [0.25, 0.3) is 17.9 Å². The van der Waals surface area contributed by atoms with E-state index in [2.05, 4.69) is 10.5 Å². The Morgan fingerprint density at radius 3 is 2.87 bits per heavy atom. The first kappa shape index (κ1) is 14.5. The Balaban J connectivity index is 2.24. The third kappa shape index (κ3) is 2.69. The normalized spacial score (nSPS) is 17.6. The van der Waals surface area contributed by atoms with E-state index in [0.29, 0.717) is 11.5 Å². The first-order valence-corrected chi connectivity index (χ1v) is 6.46. The van der Waals surface area contributed by atoms with Crippen LogP contribution in [0.3, 0.4) is 0 Å². The molecule has 0 unspecified atom stereocenters. The van der Waals surface area contributed by atoms with Gasteiger partial charge < -0.3 is 25.2 Å². The van der Waals surface area contributed by atoms with Gasteiger partial charge in [0.1, 0.15) is 5.35 Å². The molecule has 0 fully saturated rings. The summed E-state index contributed by atoms with van der Waals surface area (Å²) >= 11 is 0. The fourth-order valence-electron chi connectivity index (χ4n) is 2.06. The molecule has 1 aromatic heterocycles. The van der Waals surface area contributed by atoms with E-state index in [4.69, 9.17) is 14.8 Å². The van der Waals surface area contributed by atoms with Gasteiger partial charge in [-0.2, -0.15) is 9.63 Å². The van der Waals surface area contributed by atoms with Crippen LogP contribution < -0.4 is 21.1 Å². The van der Waals surface area contributed by atoms with Crippen molar-refractivity contribution in [1.29, 1.82) is 0 Å². The number of carboxylic acids is 1. The number of aliphatic carboxylic acids is 1. The molecule has 10 heteroatoms. The van der Waals surface area contributed by atoms with E-state index in [0.717, 1.165) is 10.4 Å². The van der Waals surface area contributed by atoms with E-state index in [9.17, 15) is 15.2 Å². The number of allylic oxidation sites excluding steroid dienone is 2. The minimum Gasteiger partial charge on any atom is -0.612 e. The number of nitrogens with one attached hydrogen (secondary N) is 1. The van der Waals surface area contributed by atoms with Crippen LogP contribution in [0.1, 0.15) is 12.6 Å². The Morgan fingerprint density at radius 2 is 2.26 bits per heavy atom. The lowest BCUT2D eigenvalue weighted by atomic mass is 10.2. The van der Waals surface area contributed by atoms with Crippen LogP contribution in [0.5, 0.6) is 0 Å². The van der Waals surface area contributed by atoms with Crippen LogP contribution in [0.4, 0.5) is 0 Å². The summed E-state index contributed by atoms with van der Waals surface area (Å²) in [5.74, 6) is -0.878. The largest absolute Gasteiger partial charge is 0.612 e. The van der Waals surface area contributed by atoms with E-state index >= 15 is 0 Å². The van der Waals surface area contributed by atoms with Crippen LogP contribution >= 0.6 is 0 Å². The van der Waals surface area contributed by atoms with Gasteiger partial charge in [-0.05, 0) is 13.0 Å². The van der Waals surface area contributed by atoms with Crippen molar-refractivity contribution in [1.82, 2.24) is 15.2 Å². The maximum atomic E-state index is 10.9. The summed E-state index contributed by atoms with van der Waals surface area (Å²) in [5, 5.41) is 30.9. The van der Waals surface area contributed by atoms with Gasteiger partial charge in [0, 0.05) is 23.9 Å². The molecule has 2 aliphatic rings. The molecule has 3 rings (SSSR count). The Bertz CT molecular complexity index is 888. The molecule has 23 heavy (non-hydrogen) atoms. The standard InChI is InChI=1S/C13H11N4O6/c1-7-4-11(23-15-7)13-14-9-3-2-8(17(20)21)5-10(9)16(13)22-6-12(18)19/h2-5,15H,6H2,1H3,(H-,14,18,19,20,21)/q-1. The summed E-state index contributed by atoms with van der Waals surface area (Å²) < 4.78 is 1.11. The second kappa shape index (κ2) is 5.40. The van der Waals surface area contributed by atoms with E-state index < -0.39 is 17.5 Å². The molecule has 0 saturated heterocycles. The number of hydrogen-bond acceptors (Lipinski definition) is 7. The monoisotopic (exact) mass is 319 g/mol. The lowest BCUT2D eigenvalue weighted by Crippen LogP contribution is -2.38. The molecule has 2 N–H and O–H groups in total. The van der Waals surface area contributed by atoms with E-state index in [1.165, 1.54) is 18.2 Å². The predicted molar refractivity (Wildman–Crippen MR) is 77.4 cm³/mol. The van der Waals surface area contributed by atoms with Crippen LogP contribution in [-0.2, 0) is 9.63 Å². The van der Waals surface area contributed by atoms with Gasteiger partial charge in [-0.1, -0.05) is 0 Å². The van der Waals surface area contributed by atoms with Crippen molar-refractivity contribution in [2.75, 3.05) is 6.61 Å². The second-order valence-electron chi connectivity index (χ2n) is 4.72. The number of carboxylic acid groups (broad SMARTS) is 1. The molecule has 2 heterocycles. The number of imidazole rings is 1. The van der Waals surface area contributed by atoms with Crippen molar-refractivity contribution >= 4 is 29.6 Å². The molecule has 0 atom stereocenters. The Morgan fingerprint density at radius 1 is 1.48 bits per heavy atom. The van der Waals surface area contributed by atoms with Gasteiger partial charge in [0.05, 0.1) is 5.69 Å². The highest BCUT2D eigenvalue weighted by atomic mass is 16.8. The number of rotatable bonds is 3. The maximum absolute atomic E-state index is 10.9. The predicted octanol–water partition coefficient (Wildman–Crippen LogP) is -1.80. The molecule has 0 radical (unpaired) electrons. The Labute approximate surface area is 128 Å². The highest BCUT2D eigenvalue weighted by molar-refractivity contribution is 6.17. The third-order valence-corrected chi connectivity index (χ3v) is 3.01. The number of carbonyl (C=O) groups is 1. The lowest BCUT2D eigenvalue weighted by molar-refractivity contribution is -0.376. The Hall–Kier alpha value is -3.43. The smallest absolute Gasteiger partial charge is 0.344 e. The summed E-state index contributed by atoms with van der Waals surface area (Å²) in [6, 6.07) is 0. The van der Waals surface area contributed by atoms with E-state index in [-0.39, 0.29) is 16.5 Å². The minimum atomic E-state index is -1.19. The van der Waals surface area contributed by atoms with Gasteiger partial charge in [0.25, 0.3) is 0 Å². The average Bonchev–Trinajstić information content (AvgIpc) is 3.07. The van der Waals surface area contributed by atoms with Crippen LogP contribution in [0.2, 0.25) is 0 Å². The minimum absolute atomic E-state index is 0.161. The van der Waals surface area contributed by atoms with Crippen molar-refractivity contribution in [2.24, 2.45) is 0 Å². The molecule has 0 amide bonds. The highest BCUT2D eigenvalue weighted by Crippen LogP contribution is 2.08. The summed E-state index contributed by atoms with van der Waals surface area (Å²) in [7, 11) is 0. The first-order valence-electron chi connectivity index (χ1n) is 6.46. The average molecular weight is 319 g/mol. The fourth-order valence-corrected chi connectivity index (χ4v) is 2.06. The number of aromatic nitrogens is 2. The fraction of sp³-hybridized carbons (Fsp3) is 0.154. The quantitative estimate of drug-likeness (QED) is 0.492. The number of hydroxylamine groups is 1. The summed E-state index contributed by atoms with van der Waals surface area (Å²) in [6.07, 6.45) is 5.67. The topological polar surface area (TPSA) is 135 Å². The SMILES string of the molecule is CC1=CC(=c2nc3c(n2OCC(=O)O)=CC(=[N+]([O-])[O-])C=C3)ON1. The molecule has 1 aromatic rings. The first-order chi connectivity index (χ1) is 11.0. The van der Waals surface area contributed by atoms with Crippen LogP contribution in [0, 0.1) is 10.4 Å². The van der Waals surface area contributed by atoms with Gasteiger partial charge in [0.15, 0.2) is 0 Å². The van der Waals surface area contributed by atoms with Gasteiger partial charge in [-0.25, -0.2) is 15.3 Å². The van der Waals surface area contributed by atoms with Crippen molar-refractivity contribution in [3.05, 3.63) is 44.8 Å². The van der Waals surface area contributed by atoms with Crippen molar-refractivity contribution < 1.29 is 24.5 Å². The number of nitrogens with zero attached hydrogens (tertiary/aromatic N) is 3.